The predicted octanol–water partition coefficient (Wildman–Crippen LogP) is 13.4. The molecule has 1 fully saturated rings. The summed E-state index contributed by atoms with van der Waals surface area (Å²) in [5.74, 6) is -0.178. The van der Waals surface area contributed by atoms with Gasteiger partial charge in [-0.05, 0) is 44.9 Å². The number of ether oxygens (including phenoxy) is 2. The molecule has 0 aromatic carbocycles. The van der Waals surface area contributed by atoms with Crippen LogP contribution in [0.25, 0.3) is 0 Å². The number of amides is 1. The Labute approximate surface area is 400 Å². The molecule has 1 aliphatic rings. The fraction of sp³-hybridized carbons (Fsp3) is 0.911. The lowest BCUT2D eigenvalue weighted by Crippen LogP contribution is -2.60. The molecule has 1 aliphatic heterocycles. The summed E-state index contributed by atoms with van der Waals surface area (Å²) >= 11 is 0. The van der Waals surface area contributed by atoms with Gasteiger partial charge in [0.25, 0.3) is 0 Å². The first-order chi connectivity index (χ1) is 31.8. The highest BCUT2D eigenvalue weighted by Gasteiger charge is 2.44. The van der Waals surface area contributed by atoms with E-state index in [1.807, 2.05) is 6.08 Å². The monoisotopic (exact) mass is 922 g/mol. The van der Waals surface area contributed by atoms with Gasteiger partial charge in [0.1, 0.15) is 24.4 Å². The average Bonchev–Trinajstić information content (AvgIpc) is 3.31. The van der Waals surface area contributed by atoms with Crippen molar-refractivity contribution in [2.45, 2.75) is 314 Å². The van der Waals surface area contributed by atoms with Crippen molar-refractivity contribution < 1.29 is 39.8 Å². The molecule has 0 bridgehead atoms. The van der Waals surface area contributed by atoms with Gasteiger partial charge in [-0.25, -0.2) is 0 Å². The molecule has 9 nitrogen and oxygen atoms in total. The molecular weight excluding hydrogens is 815 g/mol. The quantitative estimate of drug-likeness (QED) is 0.0261. The molecule has 6 N–H and O–H groups in total. The van der Waals surface area contributed by atoms with Crippen LogP contribution in [0, 0.1) is 0 Å². The second-order valence-corrected chi connectivity index (χ2v) is 19.7. The molecule has 7 atom stereocenters. The van der Waals surface area contributed by atoms with Crippen LogP contribution in [0.4, 0.5) is 0 Å². The number of hydrogen-bond donors (Lipinski definition) is 6. The molecular formula is C56H107NO8. The molecule has 0 radical (unpaired) electrons. The zero-order chi connectivity index (χ0) is 47.3. The molecule has 1 amide bonds. The number of aliphatic hydroxyl groups is 5. The Kier molecular flexibility index (Phi) is 44.0. The normalized spacial score (nSPS) is 20.0. The molecule has 1 rings (SSSR count). The van der Waals surface area contributed by atoms with E-state index in [4.69, 9.17) is 9.47 Å². The number of allylic oxidation sites excluding steroid dienone is 3. The maximum absolute atomic E-state index is 13.0. The Bertz CT molecular complexity index is 1070. The molecule has 0 saturated carbocycles. The van der Waals surface area contributed by atoms with Crippen molar-refractivity contribution in [3.63, 3.8) is 0 Å². The minimum absolute atomic E-state index is 0.178. The van der Waals surface area contributed by atoms with Crippen LogP contribution in [-0.2, 0) is 14.3 Å². The van der Waals surface area contributed by atoms with Gasteiger partial charge in [0.2, 0.25) is 5.91 Å². The van der Waals surface area contributed by atoms with E-state index in [0.29, 0.717) is 6.42 Å². The topological polar surface area (TPSA) is 149 Å². The van der Waals surface area contributed by atoms with Gasteiger partial charge in [-0.15, -0.1) is 0 Å². The van der Waals surface area contributed by atoms with E-state index in [0.717, 1.165) is 38.5 Å². The van der Waals surface area contributed by atoms with Gasteiger partial charge in [0.15, 0.2) is 6.29 Å². The number of unbranched alkanes of at least 4 members (excludes halogenated alkanes) is 36. The second-order valence-electron chi connectivity index (χ2n) is 19.7. The zero-order valence-corrected chi connectivity index (χ0v) is 42.5. The summed E-state index contributed by atoms with van der Waals surface area (Å²) in [7, 11) is 0. The smallest absolute Gasteiger partial charge is 0.220 e. The van der Waals surface area contributed by atoms with Crippen LogP contribution in [0.15, 0.2) is 24.3 Å². The van der Waals surface area contributed by atoms with Crippen molar-refractivity contribution in [1.29, 1.82) is 0 Å². The van der Waals surface area contributed by atoms with Crippen molar-refractivity contribution in [3.8, 4) is 0 Å². The lowest BCUT2D eigenvalue weighted by atomic mass is 9.99. The van der Waals surface area contributed by atoms with Crippen LogP contribution in [0.5, 0.6) is 0 Å². The Balaban J connectivity index is 2.25. The summed E-state index contributed by atoms with van der Waals surface area (Å²) in [5, 5.41) is 54.5. The molecule has 7 unspecified atom stereocenters. The highest BCUT2D eigenvalue weighted by Crippen LogP contribution is 2.23. The highest BCUT2D eigenvalue weighted by molar-refractivity contribution is 5.76. The molecule has 384 valence electrons. The van der Waals surface area contributed by atoms with Crippen molar-refractivity contribution in [3.05, 3.63) is 24.3 Å². The van der Waals surface area contributed by atoms with Gasteiger partial charge >= 0.3 is 0 Å². The third-order valence-electron chi connectivity index (χ3n) is 13.5. The van der Waals surface area contributed by atoms with E-state index in [2.05, 4.69) is 31.3 Å². The second kappa shape index (κ2) is 46.4. The number of nitrogens with one attached hydrogen (secondary N) is 1. The number of aliphatic hydroxyl groups excluding tert-OH is 5. The van der Waals surface area contributed by atoms with Gasteiger partial charge in [0.05, 0.1) is 25.4 Å². The first-order valence-electron chi connectivity index (χ1n) is 28.1. The van der Waals surface area contributed by atoms with Crippen LogP contribution in [0.3, 0.4) is 0 Å². The standard InChI is InChI=1S/C56H107NO8/c1-3-5-7-9-11-13-15-17-19-21-23-25-26-27-29-31-33-35-37-39-41-43-45-50(59)49(48-64-56-55(63)54(62)53(61)51(47-58)65-56)57-52(60)46-44-42-40-38-36-34-32-30-28-24-22-20-18-16-14-12-10-8-6-4-2/h24,28,43,45,49-51,53-56,58-59,61-63H,3-23,25-27,29-42,44,46-48H2,1-2H3,(H,57,60)/b28-24-,45-43+. The molecule has 0 spiro atoms. The van der Waals surface area contributed by atoms with Crippen molar-refractivity contribution in [2.24, 2.45) is 0 Å². The molecule has 0 aromatic heterocycles. The minimum atomic E-state index is -1.57. The van der Waals surface area contributed by atoms with Gasteiger partial charge in [-0.3, -0.25) is 4.79 Å². The Morgan fingerprint density at radius 1 is 0.508 bits per heavy atom. The van der Waals surface area contributed by atoms with Crippen LogP contribution >= 0.6 is 0 Å². The van der Waals surface area contributed by atoms with Gasteiger partial charge in [-0.2, -0.15) is 0 Å². The number of carbonyl (C=O) groups is 1. The van der Waals surface area contributed by atoms with Gasteiger partial charge in [-0.1, -0.05) is 244 Å². The summed E-state index contributed by atoms with van der Waals surface area (Å²) in [4.78, 5) is 13.0. The Hall–Kier alpha value is -1.33. The lowest BCUT2D eigenvalue weighted by Gasteiger charge is -2.40. The molecule has 1 heterocycles. The van der Waals surface area contributed by atoms with E-state index in [1.54, 1.807) is 6.08 Å². The molecule has 65 heavy (non-hydrogen) atoms. The fourth-order valence-corrected chi connectivity index (χ4v) is 9.04. The molecule has 9 heteroatoms. The summed E-state index contributed by atoms with van der Waals surface area (Å²) in [6.07, 6.45) is 50.9. The lowest BCUT2D eigenvalue weighted by molar-refractivity contribution is -0.302. The largest absolute Gasteiger partial charge is 0.394 e. The minimum Gasteiger partial charge on any atom is -0.394 e. The van der Waals surface area contributed by atoms with Crippen LogP contribution in [0.2, 0.25) is 0 Å². The fourth-order valence-electron chi connectivity index (χ4n) is 9.04. The summed E-state index contributed by atoms with van der Waals surface area (Å²) in [6.45, 7) is 3.81. The first-order valence-corrected chi connectivity index (χ1v) is 28.1. The van der Waals surface area contributed by atoms with Gasteiger partial charge < -0.3 is 40.3 Å². The maximum atomic E-state index is 13.0. The van der Waals surface area contributed by atoms with E-state index in [-0.39, 0.29) is 12.5 Å². The number of carbonyl (C=O) groups excluding carboxylic acids is 1. The van der Waals surface area contributed by atoms with Crippen molar-refractivity contribution in [1.82, 2.24) is 5.32 Å². The molecule has 1 saturated heterocycles. The average molecular weight is 922 g/mol. The Morgan fingerprint density at radius 3 is 1.25 bits per heavy atom. The summed E-state index contributed by atoms with van der Waals surface area (Å²) in [5.41, 5.74) is 0. The Morgan fingerprint density at radius 2 is 0.862 bits per heavy atom. The van der Waals surface area contributed by atoms with E-state index in [1.165, 1.54) is 212 Å². The summed E-state index contributed by atoms with van der Waals surface area (Å²) < 4.78 is 11.3. The van der Waals surface area contributed by atoms with E-state index < -0.39 is 49.5 Å². The number of hydrogen-bond acceptors (Lipinski definition) is 8. The van der Waals surface area contributed by atoms with Crippen molar-refractivity contribution in [2.75, 3.05) is 13.2 Å². The zero-order valence-electron chi connectivity index (χ0n) is 42.5. The number of rotatable bonds is 48. The third-order valence-corrected chi connectivity index (χ3v) is 13.5. The van der Waals surface area contributed by atoms with E-state index >= 15 is 0 Å². The van der Waals surface area contributed by atoms with Crippen LogP contribution < -0.4 is 5.32 Å². The summed E-state index contributed by atoms with van der Waals surface area (Å²) in [6, 6.07) is -0.805. The van der Waals surface area contributed by atoms with E-state index in [9.17, 15) is 30.3 Å². The SMILES string of the molecule is CCCCCCCCCCC/C=C\CCCCCCCCCC(=O)NC(COC1OC(CO)C(O)C(O)C1O)C(O)/C=C/CCCCCCCCCCCCCCCCCCCCCC. The third kappa shape index (κ3) is 36.3. The molecule has 0 aliphatic carbocycles. The van der Waals surface area contributed by atoms with Crippen LogP contribution in [0.1, 0.15) is 271 Å². The van der Waals surface area contributed by atoms with Crippen LogP contribution in [-0.4, -0.2) is 87.5 Å². The maximum Gasteiger partial charge on any atom is 0.220 e. The molecule has 0 aromatic rings. The predicted molar refractivity (Wildman–Crippen MR) is 272 cm³/mol. The van der Waals surface area contributed by atoms with Gasteiger partial charge in [0, 0.05) is 6.42 Å². The first kappa shape index (κ1) is 61.7. The highest BCUT2D eigenvalue weighted by atomic mass is 16.7. The van der Waals surface area contributed by atoms with Crippen molar-refractivity contribution >= 4 is 5.91 Å².